The number of hydrogen-bond acceptors (Lipinski definition) is 4. The number of hydrogen-bond donors (Lipinski definition) is 2. The predicted molar refractivity (Wildman–Crippen MR) is 56.3 cm³/mol. The molecule has 0 aliphatic carbocycles. The van der Waals surface area contributed by atoms with E-state index in [-0.39, 0.29) is 5.91 Å². The van der Waals surface area contributed by atoms with Crippen LogP contribution in [0.3, 0.4) is 0 Å². The fraction of sp³-hybridized carbons (Fsp3) is 0.600. The minimum Gasteiger partial charge on any atom is -0.444 e. The van der Waals surface area contributed by atoms with Gasteiger partial charge >= 0.3 is 0 Å². The molecular weight excluding hydrogens is 194 g/mol. The van der Waals surface area contributed by atoms with Gasteiger partial charge in [-0.15, -0.1) is 0 Å². The van der Waals surface area contributed by atoms with Crippen molar-refractivity contribution in [2.24, 2.45) is 0 Å². The number of amides is 1. The zero-order valence-corrected chi connectivity index (χ0v) is 9.17. The van der Waals surface area contributed by atoms with Crippen LogP contribution in [0.25, 0.3) is 0 Å². The van der Waals surface area contributed by atoms with Crippen molar-refractivity contribution in [3.8, 4) is 0 Å². The average molecular weight is 211 g/mol. The number of oxazole rings is 1. The Morgan fingerprint density at radius 1 is 1.60 bits per heavy atom. The Hall–Kier alpha value is -1.36. The van der Waals surface area contributed by atoms with Gasteiger partial charge in [0.05, 0.1) is 12.7 Å². The average Bonchev–Trinajstić information content (AvgIpc) is 2.71. The quantitative estimate of drug-likeness (QED) is 0.717. The van der Waals surface area contributed by atoms with Crippen LogP contribution in [-0.2, 0) is 17.8 Å². The Kier molecular flexibility index (Phi) is 4.83. The van der Waals surface area contributed by atoms with Crippen molar-refractivity contribution in [3.63, 3.8) is 0 Å². The van der Waals surface area contributed by atoms with Gasteiger partial charge < -0.3 is 15.1 Å². The van der Waals surface area contributed by atoms with E-state index in [1.807, 2.05) is 14.0 Å². The van der Waals surface area contributed by atoms with Gasteiger partial charge in [0.1, 0.15) is 5.76 Å². The SMILES string of the molecule is CCc1cnc(CNC(=O)CCNC)o1. The van der Waals surface area contributed by atoms with Crippen LogP contribution in [0.5, 0.6) is 0 Å². The van der Waals surface area contributed by atoms with Gasteiger partial charge in [-0.25, -0.2) is 4.98 Å². The summed E-state index contributed by atoms with van der Waals surface area (Å²) < 4.78 is 5.35. The molecule has 0 fully saturated rings. The first kappa shape index (κ1) is 11.7. The summed E-state index contributed by atoms with van der Waals surface area (Å²) in [6, 6.07) is 0. The van der Waals surface area contributed by atoms with Crippen LogP contribution in [0.15, 0.2) is 10.6 Å². The van der Waals surface area contributed by atoms with Crippen molar-refractivity contribution in [2.45, 2.75) is 26.3 Å². The maximum absolute atomic E-state index is 11.2. The second kappa shape index (κ2) is 6.19. The summed E-state index contributed by atoms with van der Waals surface area (Å²) in [6.45, 7) is 3.04. The monoisotopic (exact) mass is 211 g/mol. The number of aryl methyl sites for hydroxylation is 1. The molecule has 0 aromatic carbocycles. The number of nitrogens with one attached hydrogen (secondary N) is 2. The molecule has 5 nitrogen and oxygen atoms in total. The molecule has 0 unspecified atom stereocenters. The third-order valence-corrected chi connectivity index (χ3v) is 1.99. The Balaban J connectivity index is 2.27. The summed E-state index contributed by atoms with van der Waals surface area (Å²) in [4.78, 5) is 15.3. The maximum Gasteiger partial charge on any atom is 0.221 e. The largest absolute Gasteiger partial charge is 0.444 e. The molecule has 0 radical (unpaired) electrons. The van der Waals surface area contributed by atoms with Gasteiger partial charge in [0.2, 0.25) is 11.8 Å². The molecule has 0 aliphatic rings. The number of carbonyl (C=O) groups is 1. The topological polar surface area (TPSA) is 67.2 Å². The Labute approximate surface area is 89.3 Å². The van der Waals surface area contributed by atoms with Crippen LogP contribution < -0.4 is 10.6 Å². The number of nitrogens with zero attached hydrogens (tertiary/aromatic N) is 1. The Bertz CT molecular complexity index is 309. The Morgan fingerprint density at radius 3 is 3.00 bits per heavy atom. The summed E-state index contributed by atoms with van der Waals surface area (Å²) in [5.41, 5.74) is 0. The van der Waals surface area contributed by atoms with Gasteiger partial charge in [0.25, 0.3) is 0 Å². The fourth-order valence-electron chi connectivity index (χ4n) is 1.09. The third kappa shape index (κ3) is 4.12. The zero-order chi connectivity index (χ0) is 11.1. The van der Waals surface area contributed by atoms with Gasteiger partial charge in [-0.2, -0.15) is 0 Å². The third-order valence-electron chi connectivity index (χ3n) is 1.99. The molecule has 0 spiro atoms. The van der Waals surface area contributed by atoms with Gasteiger partial charge in [-0.05, 0) is 7.05 Å². The van der Waals surface area contributed by atoms with Crippen molar-refractivity contribution in [3.05, 3.63) is 17.8 Å². The van der Waals surface area contributed by atoms with Gasteiger partial charge in [0, 0.05) is 19.4 Å². The maximum atomic E-state index is 11.2. The highest BCUT2D eigenvalue weighted by Crippen LogP contribution is 2.03. The summed E-state index contributed by atoms with van der Waals surface area (Å²) in [5, 5.41) is 5.65. The normalized spacial score (nSPS) is 10.3. The van der Waals surface area contributed by atoms with Gasteiger partial charge in [0.15, 0.2) is 0 Å². The molecular formula is C10H17N3O2. The minimum atomic E-state index is 0.000554. The van der Waals surface area contributed by atoms with Gasteiger partial charge in [-0.1, -0.05) is 6.92 Å². The van der Waals surface area contributed by atoms with E-state index in [0.717, 1.165) is 12.2 Å². The highest BCUT2D eigenvalue weighted by atomic mass is 16.4. The van der Waals surface area contributed by atoms with E-state index >= 15 is 0 Å². The first-order valence-electron chi connectivity index (χ1n) is 5.11. The molecule has 1 aromatic heterocycles. The van der Waals surface area contributed by atoms with Crippen molar-refractivity contribution in [1.82, 2.24) is 15.6 Å². The lowest BCUT2D eigenvalue weighted by Gasteiger charge is -2.01. The molecule has 1 rings (SSSR count). The number of aromatic nitrogens is 1. The molecule has 0 saturated carbocycles. The van der Waals surface area contributed by atoms with E-state index in [2.05, 4.69) is 15.6 Å². The van der Waals surface area contributed by atoms with Crippen molar-refractivity contribution >= 4 is 5.91 Å². The lowest BCUT2D eigenvalue weighted by Crippen LogP contribution is -2.26. The Morgan fingerprint density at radius 2 is 2.40 bits per heavy atom. The molecule has 0 atom stereocenters. The second-order valence-corrected chi connectivity index (χ2v) is 3.20. The minimum absolute atomic E-state index is 0.000554. The van der Waals surface area contributed by atoms with Crippen molar-refractivity contribution < 1.29 is 9.21 Å². The fourth-order valence-corrected chi connectivity index (χ4v) is 1.09. The van der Waals surface area contributed by atoms with Crippen LogP contribution in [0, 0.1) is 0 Å². The van der Waals surface area contributed by atoms with Crippen LogP contribution >= 0.6 is 0 Å². The van der Waals surface area contributed by atoms with Crippen molar-refractivity contribution in [1.29, 1.82) is 0 Å². The molecule has 0 bridgehead atoms. The van der Waals surface area contributed by atoms with Crippen molar-refractivity contribution in [2.75, 3.05) is 13.6 Å². The summed E-state index contributed by atoms with van der Waals surface area (Å²) >= 11 is 0. The zero-order valence-electron chi connectivity index (χ0n) is 9.17. The first-order chi connectivity index (χ1) is 7.26. The van der Waals surface area contributed by atoms with Crippen LogP contribution in [0.1, 0.15) is 25.0 Å². The molecule has 1 amide bonds. The van der Waals surface area contributed by atoms with E-state index < -0.39 is 0 Å². The van der Waals surface area contributed by atoms with Crippen LogP contribution in [0.2, 0.25) is 0 Å². The van der Waals surface area contributed by atoms with E-state index in [9.17, 15) is 4.79 Å². The van der Waals surface area contributed by atoms with E-state index in [0.29, 0.717) is 25.4 Å². The molecule has 1 heterocycles. The molecule has 0 aliphatic heterocycles. The summed E-state index contributed by atoms with van der Waals surface area (Å²) in [6.07, 6.45) is 2.98. The summed E-state index contributed by atoms with van der Waals surface area (Å²) in [7, 11) is 1.81. The summed E-state index contributed by atoms with van der Waals surface area (Å²) in [5.74, 6) is 1.40. The first-order valence-corrected chi connectivity index (χ1v) is 5.11. The highest BCUT2D eigenvalue weighted by Gasteiger charge is 2.04. The lowest BCUT2D eigenvalue weighted by molar-refractivity contribution is -0.121. The number of carbonyl (C=O) groups excluding carboxylic acids is 1. The molecule has 84 valence electrons. The molecule has 5 heteroatoms. The highest BCUT2D eigenvalue weighted by molar-refractivity contribution is 5.75. The predicted octanol–water partition coefficient (Wildman–Crippen LogP) is 0.463. The lowest BCUT2D eigenvalue weighted by atomic mass is 10.4. The van der Waals surface area contributed by atoms with E-state index in [4.69, 9.17) is 4.42 Å². The van der Waals surface area contributed by atoms with Crippen LogP contribution in [0.4, 0.5) is 0 Å². The molecule has 15 heavy (non-hydrogen) atoms. The van der Waals surface area contributed by atoms with Crippen LogP contribution in [-0.4, -0.2) is 24.5 Å². The smallest absolute Gasteiger partial charge is 0.221 e. The van der Waals surface area contributed by atoms with E-state index in [1.165, 1.54) is 0 Å². The van der Waals surface area contributed by atoms with E-state index in [1.54, 1.807) is 6.20 Å². The molecule has 0 saturated heterocycles. The molecule has 1 aromatic rings. The van der Waals surface area contributed by atoms with Gasteiger partial charge in [-0.3, -0.25) is 4.79 Å². The second-order valence-electron chi connectivity index (χ2n) is 3.20. The standard InChI is InChI=1S/C10H17N3O2/c1-3-8-6-13-10(15-8)7-12-9(14)4-5-11-2/h6,11H,3-5,7H2,1-2H3,(H,12,14). The number of rotatable bonds is 6. The molecule has 2 N–H and O–H groups in total.